The van der Waals surface area contributed by atoms with E-state index >= 15 is 0 Å². The highest BCUT2D eigenvalue weighted by atomic mass is 14.9. The first-order valence-electron chi connectivity index (χ1n) is 43.9. The minimum Gasteiger partial charge on any atom is -0.256 e. The monoisotopic (exact) mass is 1650 g/mol. The van der Waals surface area contributed by atoms with Gasteiger partial charge < -0.3 is 0 Å². The molecule has 0 unspecified atom stereocenters. The van der Waals surface area contributed by atoms with E-state index in [1.807, 2.05) is 36.7 Å². The largest absolute Gasteiger partial charge is 0.256 e. The minimum atomic E-state index is 0.689. The maximum atomic E-state index is 5.27. The summed E-state index contributed by atoms with van der Waals surface area (Å²) in [5, 5.41) is 22.9. The van der Waals surface area contributed by atoms with E-state index in [4.69, 9.17) is 29.9 Å². The van der Waals surface area contributed by atoms with Gasteiger partial charge in [-0.25, -0.2) is 29.9 Å². The SMILES string of the molecule is c1ccc(-c2ccc(-c3nc(-c4cc5ccccc5c5ccccc45)cc(-c4cc5ccccc5c5ccccc45)n3)cc2)nc1.c1ccc2cc(-c3cc(-c4ccc5ccccc5c4)nc(-c4ccc(-c5cccc6cccnc56)cc4)n3)ccc2c1.c1ccc2cc(-c3ccc(-c4nc(-c5ccc6ccccc6c5)cc(-c5ccc6ccccc6c5)n4)cc3)ccc2c1. The van der Waals surface area contributed by atoms with Crippen LogP contribution in [0.2, 0.25) is 0 Å². The first-order valence-corrected chi connectivity index (χ1v) is 43.9. The van der Waals surface area contributed by atoms with Gasteiger partial charge in [-0.1, -0.05) is 382 Å². The Morgan fingerprint density at radius 1 is 0.123 bits per heavy atom. The van der Waals surface area contributed by atoms with Gasteiger partial charge in [-0.3, -0.25) is 9.97 Å². The number of hydrogen-bond acceptors (Lipinski definition) is 8. The topological polar surface area (TPSA) is 103 Å². The third kappa shape index (κ3) is 15.4. The summed E-state index contributed by atoms with van der Waals surface area (Å²) >= 11 is 0. The first-order chi connectivity index (χ1) is 64.3. The Morgan fingerprint density at radius 2 is 0.408 bits per heavy atom. The van der Waals surface area contributed by atoms with E-state index in [2.05, 4.69) is 447 Å². The summed E-state index contributed by atoms with van der Waals surface area (Å²) in [6.45, 7) is 0. The molecule has 0 radical (unpaired) electrons. The number of nitrogens with zero attached hydrogens (tertiary/aromatic N) is 8. The Kier molecular flexibility index (Phi) is 20.2. The summed E-state index contributed by atoms with van der Waals surface area (Å²) < 4.78 is 0. The predicted molar refractivity (Wildman–Crippen MR) is 542 cm³/mol. The van der Waals surface area contributed by atoms with Gasteiger partial charge in [0.1, 0.15) is 0 Å². The van der Waals surface area contributed by atoms with Gasteiger partial charge in [0.25, 0.3) is 0 Å². The minimum absolute atomic E-state index is 0.689. The van der Waals surface area contributed by atoms with Crippen molar-refractivity contribution < 1.29 is 0 Å². The number of pyridine rings is 2. The Balaban J connectivity index is 0.000000111. The third-order valence-electron chi connectivity index (χ3n) is 24.9. The molecule has 0 aliphatic rings. The second-order valence-electron chi connectivity index (χ2n) is 32.9. The number of hydrogen-bond donors (Lipinski definition) is 0. The van der Waals surface area contributed by atoms with Crippen LogP contribution in [0.3, 0.4) is 0 Å². The van der Waals surface area contributed by atoms with Gasteiger partial charge in [-0.2, -0.15) is 0 Å². The van der Waals surface area contributed by atoms with Crippen molar-refractivity contribution in [2.75, 3.05) is 0 Å². The summed E-state index contributed by atoms with van der Waals surface area (Å²) in [4.78, 5) is 40.1. The average Bonchev–Trinajstić information content (AvgIpc) is 0.748. The molecule has 20 aromatic carbocycles. The summed E-state index contributed by atoms with van der Waals surface area (Å²) in [5.41, 5.74) is 22.4. The molecule has 0 aliphatic carbocycles. The van der Waals surface area contributed by atoms with E-state index in [1.165, 1.54) is 108 Å². The Hall–Kier alpha value is -17.5. The number of rotatable bonds is 12. The predicted octanol–water partition coefficient (Wildman–Crippen LogP) is 31.8. The molecule has 0 saturated heterocycles. The van der Waals surface area contributed by atoms with Crippen molar-refractivity contribution in [1.82, 2.24) is 39.9 Å². The van der Waals surface area contributed by atoms with Gasteiger partial charge in [0.15, 0.2) is 17.5 Å². The lowest BCUT2D eigenvalue weighted by atomic mass is 9.93. The maximum Gasteiger partial charge on any atom is 0.160 e. The zero-order chi connectivity index (χ0) is 86.2. The van der Waals surface area contributed by atoms with Gasteiger partial charge in [-0.15, -0.1) is 0 Å². The normalized spacial score (nSPS) is 11.4. The van der Waals surface area contributed by atoms with Crippen molar-refractivity contribution in [2.45, 2.75) is 0 Å². The molecule has 5 aromatic heterocycles. The molecular formula is C122H78N8. The number of benzene rings is 20. The highest BCUT2D eigenvalue weighted by Crippen LogP contribution is 2.43. The van der Waals surface area contributed by atoms with Gasteiger partial charge in [0.2, 0.25) is 0 Å². The lowest BCUT2D eigenvalue weighted by Crippen LogP contribution is -1.97. The molecule has 130 heavy (non-hydrogen) atoms. The van der Waals surface area contributed by atoms with E-state index in [-0.39, 0.29) is 0 Å². The number of para-hydroxylation sites is 1. The fraction of sp³-hybridized carbons (Fsp3) is 0. The van der Waals surface area contributed by atoms with Crippen LogP contribution in [0.5, 0.6) is 0 Å². The average molecular weight is 1660 g/mol. The molecule has 0 amide bonds. The smallest absolute Gasteiger partial charge is 0.160 e. The van der Waals surface area contributed by atoms with Crippen LogP contribution in [0, 0.1) is 0 Å². The summed E-state index contributed by atoms with van der Waals surface area (Å²) in [7, 11) is 0. The summed E-state index contributed by atoms with van der Waals surface area (Å²) in [6.07, 6.45) is 3.67. The highest BCUT2D eigenvalue weighted by molar-refractivity contribution is 6.16. The Morgan fingerprint density at radius 3 is 0.808 bits per heavy atom. The van der Waals surface area contributed by atoms with Gasteiger partial charge in [-0.05, 0) is 193 Å². The van der Waals surface area contributed by atoms with Gasteiger partial charge in [0, 0.05) is 79.0 Å². The molecule has 0 spiro atoms. The Bertz CT molecular complexity index is 8330. The number of aromatic nitrogens is 8. The Labute approximate surface area is 751 Å². The van der Waals surface area contributed by atoms with E-state index in [9.17, 15) is 0 Å². The fourth-order valence-corrected chi connectivity index (χ4v) is 18.2. The van der Waals surface area contributed by atoms with Crippen molar-refractivity contribution in [2.24, 2.45) is 0 Å². The third-order valence-corrected chi connectivity index (χ3v) is 24.9. The van der Waals surface area contributed by atoms with Crippen LogP contribution in [0.15, 0.2) is 473 Å². The van der Waals surface area contributed by atoms with Crippen molar-refractivity contribution >= 4 is 108 Å². The molecule has 0 bridgehead atoms. The first kappa shape index (κ1) is 77.4. The highest BCUT2D eigenvalue weighted by Gasteiger charge is 2.21. The molecule has 8 nitrogen and oxygen atoms in total. The van der Waals surface area contributed by atoms with Crippen LogP contribution in [0.1, 0.15) is 0 Å². The van der Waals surface area contributed by atoms with Crippen LogP contribution in [-0.4, -0.2) is 39.9 Å². The van der Waals surface area contributed by atoms with E-state index in [0.717, 1.165) is 118 Å². The summed E-state index contributed by atoms with van der Waals surface area (Å²) in [5.74, 6) is 2.11. The molecule has 8 heteroatoms. The molecular weight excluding hydrogens is 1580 g/mol. The molecule has 0 aliphatic heterocycles. The van der Waals surface area contributed by atoms with Crippen LogP contribution in [0.4, 0.5) is 0 Å². The maximum absolute atomic E-state index is 5.27. The van der Waals surface area contributed by atoms with Crippen LogP contribution >= 0.6 is 0 Å². The quantitative estimate of drug-likeness (QED) is 0.111. The van der Waals surface area contributed by atoms with Crippen molar-refractivity contribution in [3.63, 3.8) is 0 Å². The van der Waals surface area contributed by atoms with Crippen molar-refractivity contribution in [1.29, 1.82) is 0 Å². The molecule has 0 atom stereocenters. The zero-order valence-corrected chi connectivity index (χ0v) is 70.6. The van der Waals surface area contributed by atoms with Crippen LogP contribution in [-0.2, 0) is 0 Å². The summed E-state index contributed by atoms with van der Waals surface area (Å²) in [6, 6.07) is 162. The molecule has 25 aromatic rings. The van der Waals surface area contributed by atoms with Crippen LogP contribution in [0.25, 0.3) is 243 Å². The zero-order valence-electron chi connectivity index (χ0n) is 70.6. The van der Waals surface area contributed by atoms with Crippen molar-refractivity contribution in [3.8, 4) is 135 Å². The van der Waals surface area contributed by atoms with E-state index < -0.39 is 0 Å². The van der Waals surface area contributed by atoms with Crippen molar-refractivity contribution in [3.05, 3.63) is 473 Å². The second-order valence-corrected chi connectivity index (χ2v) is 32.9. The number of fused-ring (bicyclic) bond motifs is 12. The second kappa shape index (κ2) is 33.9. The van der Waals surface area contributed by atoms with E-state index in [0.29, 0.717) is 17.5 Å². The van der Waals surface area contributed by atoms with Gasteiger partial charge >= 0.3 is 0 Å². The molecule has 25 rings (SSSR count). The van der Waals surface area contributed by atoms with Crippen LogP contribution < -0.4 is 0 Å². The molecule has 5 heterocycles. The molecule has 0 fully saturated rings. The van der Waals surface area contributed by atoms with Gasteiger partial charge in [0.05, 0.1) is 45.4 Å². The molecule has 0 N–H and O–H groups in total. The fourth-order valence-electron chi connectivity index (χ4n) is 18.2. The standard InChI is InChI=1S/C43H27N3.C40H26N2.C39H25N3/c1-3-13-32-30(11-1)25-38(36-17-7-5-15-34(32)36)41-27-42(39-26-31-12-2-4-14-33(31)35-16-6-8-18-37(35)39)46-43(45-41)29-22-20-28(21-23-29)40-19-9-10-24-44-40;1-4-10-32-23-35(20-15-27(32)7-1)30-13-18-31(19-14-30)40-41-38(36-21-16-28-8-2-5-11-33(28)24-36)26-39(42-40)37-22-17-29-9-3-6-12-34(29)25-37;1-3-9-31-23-33(20-14-26(31)7-1)36-25-37(34-21-15-27-8-2-4-10-32(27)24-34)42-39(41-36)30-18-16-28(17-19-30)35-13-5-11-29-12-6-22-40-38(29)35/h1-27H;1-26H;1-25H. The molecule has 0 saturated carbocycles. The van der Waals surface area contributed by atoms with E-state index in [1.54, 1.807) is 0 Å². The lowest BCUT2D eigenvalue weighted by Gasteiger charge is -2.15. The lowest BCUT2D eigenvalue weighted by molar-refractivity contribution is 1.18. The molecule has 606 valence electrons.